The highest BCUT2D eigenvalue weighted by Crippen LogP contribution is 2.28. The second-order valence-electron chi connectivity index (χ2n) is 6.00. The Morgan fingerprint density at radius 1 is 1.25 bits per heavy atom. The number of ether oxygens (including phenoxy) is 1. The van der Waals surface area contributed by atoms with Crippen LogP contribution in [0.4, 0.5) is 10.5 Å². The summed E-state index contributed by atoms with van der Waals surface area (Å²) in [7, 11) is 1.62. The van der Waals surface area contributed by atoms with Crippen LogP contribution in [0.2, 0.25) is 0 Å². The number of benzene rings is 2. The van der Waals surface area contributed by atoms with Gasteiger partial charge in [-0.05, 0) is 47.7 Å². The molecular weight excluding hydrogens is 304 g/mol. The molecule has 2 aromatic carbocycles. The summed E-state index contributed by atoms with van der Waals surface area (Å²) in [5.41, 5.74) is 4.01. The molecule has 0 fully saturated rings. The number of anilines is 1. The van der Waals surface area contributed by atoms with Gasteiger partial charge in [0.15, 0.2) is 0 Å². The zero-order valence-corrected chi connectivity index (χ0v) is 13.7. The third kappa shape index (κ3) is 3.86. The molecule has 1 aliphatic carbocycles. The molecule has 1 aliphatic rings. The molecule has 24 heavy (non-hydrogen) atoms. The molecule has 0 aromatic heterocycles. The molecule has 0 saturated carbocycles. The van der Waals surface area contributed by atoms with Crippen LogP contribution in [-0.2, 0) is 19.4 Å². The van der Waals surface area contributed by atoms with Gasteiger partial charge in [0.05, 0.1) is 13.2 Å². The van der Waals surface area contributed by atoms with Crippen molar-refractivity contribution in [3.05, 3.63) is 59.2 Å². The number of urea groups is 1. The van der Waals surface area contributed by atoms with Crippen molar-refractivity contribution >= 4 is 11.7 Å². The van der Waals surface area contributed by atoms with E-state index in [0.717, 1.165) is 35.4 Å². The Morgan fingerprint density at radius 3 is 2.79 bits per heavy atom. The number of hydrogen-bond acceptors (Lipinski definition) is 3. The van der Waals surface area contributed by atoms with E-state index in [1.165, 1.54) is 5.56 Å². The van der Waals surface area contributed by atoms with E-state index >= 15 is 0 Å². The van der Waals surface area contributed by atoms with Crippen LogP contribution in [0.1, 0.15) is 23.1 Å². The standard InChI is InChI=1S/C19H22N2O3/c1-24-16-9-5-13(6-10-16)12-20-19(23)21-18-4-2-3-14-7-8-15(22)11-17(14)18/h2-6,9-10,15,22H,7-8,11-12H2,1H3,(H2,20,21,23)/t15-/m0/s1. The lowest BCUT2D eigenvalue weighted by molar-refractivity contribution is 0.159. The highest BCUT2D eigenvalue weighted by Gasteiger charge is 2.19. The maximum Gasteiger partial charge on any atom is 0.319 e. The Kier molecular flexibility index (Phi) is 5.01. The van der Waals surface area contributed by atoms with Gasteiger partial charge in [-0.25, -0.2) is 4.79 Å². The predicted molar refractivity (Wildman–Crippen MR) is 93.3 cm³/mol. The molecule has 0 aliphatic heterocycles. The number of aryl methyl sites for hydroxylation is 1. The summed E-state index contributed by atoms with van der Waals surface area (Å²) in [6, 6.07) is 13.2. The van der Waals surface area contributed by atoms with E-state index in [0.29, 0.717) is 13.0 Å². The molecule has 0 bridgehead atoms. The lowest BCUT2D eigenvalue weighted by atomic mass is 9.88. The van der Waals surface area contributed by atoms with E-state index in [9.17, 15) is 9.90 Å². The molecule has 1 atom stereocenters. The molecular formula is C19H22N2O3. The highest BCUT2D eigenvalue weighted by molar-refractivity contribution is 5.90. The van der Waals surface area contributed by atoms with Crippen LogP contribution >= 0.6 is 0 Å². The van der Waals surface area contributed by atoms with Gasteiger partial charge < -0.3 is 20.5 Å². The molecule has 2 aromatic rings. The van der Waals surface area contributed by atoms with Gasteiger partial charge >= 0.3 is 6.03 Å². The summed E-state index contributed by atoms with van der Waals surface area (Å²) in [6.07, 6.45) is 1.88. The number of amides is 2. The van der Waals surface area contributed by atoms with Crippen molar-refractivity contribution in [3.63, 3.8) is 0 Å². The molecule has 3 rings (SSSR count). The quantitative estimate of drug-likeness (QED) is 0.809. The van der Waals surface area contributed by atoms with Crippen molar-refractivity contribution in [2.75, 3.05) is 12.4 Å². The zero-order valence-electron chi connectivity index (χ0n) is 13.7. The Labute approximate surface area is 141 Å². The van der Waals surface area contributed by atoms with E-state index in [1.807, 2.05) is 36.4 Å². The number of fused-ring (bicyclic) bond motifs is 1. The van der Waals surface area contributed by atoms with Gasteiger partial charge in [0, 0.05) is 18.7 Å². The summed E-state index contributed by atoms with van der Waals surface area (Å²) in [5, 5.41) is 15.6. The van der Waals surface area contributed by atoms with Gasteiger partial charge in [0.25, 0.3) is 0 Å². The van der Waals surface area contributed by atoms with Crippen LogP contribution in [0.15, 0.2) is 42.5 Å². The number of methoxy groups -OCH3 is 1. The second-order valence-corrected chi connectivity index (χ2v) is 6.00. The van der Waals surface area contributed by atoms with Crippen molar-refractivity contribution < 1.29 is 14.6 Å². The van der Waals surface area contributed by atoms with E-state index in [1.54, 1.807) is 7.11 Å². The number of rotatable bonds is 4. The number of hydrogen-bond donors (Lipinski definition) is 3. The SMILES string of the molecule is COc1ccc(CNC(=O)Nc2cccc3c2C[C@@H](O)CC3)cc1. The minimum atomic E-state index is -0.331. The fraction of sp³-hybridized carbons (Fsp3) is 0.316. The number of aliphatic hydroxyl groups excluding tert-OH is 1. The topological polar surface area (TPSA) is 70.6 Å². The first-order chi connectivity index (χ1) is 11.7. The van der Waals surface area contributed by atoms with Gasteiger partial charge in [0.1, 0.15) is 5.75 Å². The molecule has 0 unspecified atom stereocenters. The molecule has 2 amide bonds. The first kappa shape index (κ1) is 16.3. The van der Waals surface area contributed by atoms with Crippen LogP contribution < -0.4 is 15.4 Å². The lowest BCUT2D eigenvalue weighted by Gasteiger charge is -2.23. The Hall–Kier alpha value is -2.53. The average Bonchev–Trinajstić information content (AvgIpc) is 2.61. The van der Waals surface area contributed by atoms with Gasteiger partial charge in [-0.3, -0.25) is 0 Å². The van der Waals surface area contributed by atoms with Crippen molar-refractivity contribution in [2.24, 2.45) is 0 Å². The first-order valence-electron chi connectivity index (χ1n) is 8.12. The first-order valence-corrected chi connectivity index (χ1v) is 8.12. The summed E-state index contributed by atoms with van der Waals surface area (Å²) in [6.45, 7) is 0.438. The van der Waals surface area contributed by atoms with Crippen LogP contribution in [-0.4, -0.2) is 24.4 Å². The van der Waals surface area contributed by atoms with Gasteiger partial charge in [-0.1, -0.05) is 24.3 Å². The molecule has 5 heteroatoms. The van der Waals surface area contributed by atoms with E-state index in [-0.39, 0.29) is 12.1 Å². The number of carbonyl (C=O) groups is 1. The van der Waals surface area contributed by atoms with Crippen LogP contribution in [0.3, 0.4) is 0 Å². The number of aliphatic hydroxyl groups is 1. The minimum absolute atomic E-state index is 0.251. The molecule has 126 valence electrons. The van der Waals surface area contributed by atoms with Crippen molar-refractivity contribution in [1.82, 2.24) is 5.32 Å². The molecule has 0 saturated heterocycles. The van der Waals surface area contributed by atoms with Crippen LogP contribution in [0, 0.1) is 0 Å². The molecule has 0 spiro atoms. The molecule has 0 heterocycles. The Bertz CT molecular complexity index is 713. The summed E-state index contributed by atoms with van der Waals surface area (Å²) in [5.74, 6) is 0.790. The van der Waals surface area contributed by atoms with Crippen molar-refractivity contribution in [2.45, 2.75) is 31.9 Å². The monoisotopic (exact) mass is 326 g/mol. The third-order valence-corrected chi connectivity index (χ3v) is 4.32. The number of nitrogens with one attached hydrogen (secondary N) is 2. The fourth-order valence-corrected chi connectivity index (χ4v) is 2.98. The highest BCUT2D eigenvalue weighted by atomic mass is 16.5. The average molecular weight is 326 g/mol. The predicted octanol–water partition coefficient (Wildman–Crippen LogP) is 2.87. The van der Waals surface area contributed by atoms with Gasteiger partial charge in [-0.15, -0.1) is 0 Å². The number of carbonyl (C=O) groups excluding carboxylic acids is 1. The van der Waals surface area contributed by atoms with Crippen LogP contribution in [0.25, 0.3) is 0 Å². The minimum Gasteiger partial charge on any atom is -0.497 e. The third-order valence-electron chi connectivity index (χ3n) is 4.32. The van der Waals surface area contributed by atoms with Crippen LogP contribution in [0.5, 0.6) is 5.75 Å². The van der Waals surface area contributed by atoms with E-state index in [2.05, 4.69) is 16.7 Å². The smallest absolute Gasteiger partial charge is 0.319 e. The Morgan fingerprint density at radius 2 is 2.04 bits per heavy atom. The molecule has 3 N–H and O–H groups in total. The summed E-state index contributed by atoms with van der Waals surface area (Å²) in [4.78, 5) is 12.2. The van der Waals surface area contributed by atoms with E-state index in [4.69, 9.17) is 4.74 Å². The second kappa shape index (κ2) is 7.36. The zero-order chi connectivity index (χ0) is 16.9. The van der Waals surface area contributed by atoms with E-state index < -0.39 is 0 Å². The summed E-state index contributed by atoms with van der Waals surface area (Å²) >= 11 is 0. The largest absolute Gasteiger partial charge is 0.497 e. The fourth-order valence-electron chi connectivity index (χ4n) is 2.98. The summed E-state index contributed by atoms with van der Waals surface area (Å²) < 4.78 is 5.12. The normalized spacial score (nSPS) is 16.2. The Balaban J connectivity index is 1.61. The maximum absolute atomic E-state index is 12.2. The lowest BCUT2D eigenvalue weighted by Crippen LogP contribution is -2.29. The molecule has 0 radical (unpaired) electrons. The van der Waals surface area contributed by atoms with Gasteiger partial charge in [-0.2, -0.15) is 0 Å². The van der Waals surface area contributed by atoms with Crippen molar-refractivity contribution in [1.29, 1.82) is 0 Å². The van der Waals surface area contributed by atoms with Crippen molar-refractivity contribution in [3.8, 4) is 5.75 Å². The van der Waals surface area contributed by atoms with Gasteiger partial charge in [0.2, 0.25) is 0 Å². The molecule has 5 nitrogen and oxygen atoms in total. The maximum atomic E-state index is 12.2.